The van der Waals surface area contributed by atoms with Crippen LogP contribution in [0.4, 0.5) is 0 Å². The molecule has 2 aliphatic rings. The van der Waals surface area contributed by atoms with E-state index in [-0.39, 0.29) is 0 Å². The van der Waals surface area contributed by atoms with Crippen LogP contribution in [0.3, 0.4) is 0 Å². The normalized spacial score (nSPS) is 23.2. The van der Waals surface area contributed by atoms with Crippen molar-refractivity contribution in [1.29, 1.82) is 0 Å². The van der Waals surface area contributed by atoms with E-state index in [2.05, 4.69) is 43.2 Å². The largest absolute Gasteiger partial charge is 0.375 e. The maximum absolute atomic E-state index is 2.62. The highest BCUT2D eigenvalue weighted by Gasteiger charge is 2.33. The fraction of sp³-hybridized carbons (Fsp3) is 0.812. The van der Waals surface area contributed by atoms with Crippen LogP contribution in [-0.4, -0.2) is 41.4 Å². The summed E-state index contributed by atoms with van der Waals surface area (Å²) in [6.07, 6.45) is 7.71. The molecule has 0 aromatic heterocycles. The molecular formula is C16H29N2+. The first-order valence-electron chi connectivity index (χ1n) is 7.62. The van der Waals surface area contributed by atoms with Crippen molar-refractivity contribution in [2.24, 2.45) is 5.41 Å². The Labute approximate surface area is 112 Å². The molecule has 18 heavy (non-hydrogen) atoms. The van der Waals surface area contributed by atoms with Crippen LogP contribution >= 0.6 is 0 Å². The quantitative estimate of drug-likeness (QED) is 0.696. The first kappa shape index (κ1) is 13.6. The van der Waals surface area contributed by atoms with Gasteiger partial charge in [-0.1, -0.05) is 13.8 Å². The van der Waals surface area contributed by atoms with Crippen LogP contribution in [0, 0.1) is 5.41 Å². The Kier molecular flexibility index (Phi) is 4.14. The lowest BCUT2D eigenvalue weighted by molar-refractivity contribution is -0.507. The first-order valence-corrected chi connectivity index (χ1v) is 7.62. The summed E-state index contributed by atoms with van der Waals surface area (Å²) in [5.41, 5.74) is 3.56. The standard InChI is InChI=1S/C16H29N2/c1-5-17(6-2)14-11-15(13-16(3,4)12-14)18-9-7-8-10-18/h11H,5-10,12-13H2,1-4H3/q+1. The highest BCUT2D eigenvalue weighted by Crippen LogP contribution is 2.35. The number of allylic oxidation sites excluding steroid dienone is 2. The van der Waals surface area contributed by atoms with Crippen molar-refractivity contribution in [3.63, 3.8) is 0 Å². The third-order valence-corrected chi connectivity index (χ3v) is 4.33. The molecule has 1 heterocycles. The second kappa shape index (κ2) is 5.46. The Bertz CT molecular complexity index is 351. The maximum Gasteiger partial charge on any atom is 0.178 e. The lowest BCUT2D eigenvalue weighted by Gasteiger charge is -2.35. The zero-order valence-corrected chi connectivity index (χ0v) is 12.6. The minimum atomic E-state index is 0.421. The van der Waals surface area contributed by atoms with Crippen LogP contribution in [0.1, 0.15) is 53.4 Å². The molecule has 0 N–H and O–H groups in total. The molecule has 1 aliphatic carbocycles. The minimum absolute atomic E-state index is 0.421. The average molecular weight is 249 g/mol. The van der Waals surface area contributed by atoms with Gasteiger partial charge in [0.05, 0.1) is 0 Å². The summed E-state index contributed by atoms with van der Waals surface area (Å²) in [7, 11) is 0. The van der Waals surface area contributed by atoms with Crippen molar-refractivity contribution in [2.45, 2.75) is 53.4 Å². The van der Waals surface area contributed by atoms with Gasteiger partial charge in [0.25, 0.3) is 0 Å². The summed E-state index contributed by atoms with van der Waals surface area (Å²) in [6, 6.07) is 0. The zero-order valence-electron chi connectivity index (χ0n) is 12.6. The SMILES string of the molecule is CCN(CC)C1=CC(=[N+]2CCCC2)CC(C)(C)C1. The van der Waals surface area contributed by atoms with E-state index >= 15 is 0 Å². The van der Waals surface area contributed by atoms with E-state index in [0.717, 1.165) is 13.1 Å². The molecule has 0 aromatic carbocycles. The van der Waals surface area contributed by atoms with Gasteiger partial charge in [-0.15, -0.1) is 0 Å². The summed E-state index contributed by atoms with van der Waals surface area (Å²) >= 11 is 0. The van der Waals surface area contributed by atoms with Gasteiger partial charge >= 0.3 is 0 Å². The van der Waals surface area contributed by atoms with Crippen molar-refractivity contribution in [3.05, 3.63) is 11.8 Å². The minimum Gasteiger partial charge on any atom is -0.375 e. The second-order valence-corrected chi connectivity index (χ2v) is 6.51. The van der Waals surface area contributed by atoms with Crippen molar-refractivity contribution in [2.75, 3.05) is 26.2 Å². The van der Waals surface area contributed by atoms with Gasteiger partial charge in [0.1, 0.15) is 13.1 Å². The molecule has 2 heteroatoms. The van der Waals surface area contributed by atoms with Crippen LogP contribution in [0.2, 0.25) is 0 Å². The van der Waals surface area contributed by atoms with Gasteiger partial charge in [-0.2, -0.15) is 0 Å². The van der Waals surface area contributed by atoms with Gasteiger partial charge in [-0.25, -0.2) is 4.58 Å². The number of nitrogens with zero attached hydrogens (tertiary/aromatic N) is 2. The van der Waals surface area contributed by atoms with E-state index in [9.17, 15) is 0 Å². The monoisotopic (exact) mass is 249 g/mol. The molecule has 0 spiro atoms. The third kappa shape index (κ3) is 2.96. The molecule has 2 rings (SSSR count). The lowest BCUT2D eigenvalue weighted by Crippen LogP contribution is -2.34. The molecule has 0 saturated carbocycles. The van der Waals surface area contributed by atoms with Gasteiger partial charge in [0, 0.05) is 44.1 Å². The van der Waals surface area contributed by atoms with E-state index in [1.54, 1.807) is 11.4 Å². The number of rotatable bonds is 3. The van der Waals surface area contributed by atoms with Crippen LogP contribution in [0.15, 0.2) is 11.8 Å². The zero-order chi connectivity index (χ0) is 13.2. The highest BCUT2D eigenvalue weighted by molar-refractivity contribution is 5.92. The molecule has 0 amide bonds. The Morgan fingerprint density at radius 3 is 2.28 bits per heavy atom. The van der Waals surface area contributed by atoms with E-state index in [1.807, 2.05) is 0 Å². The molecule has 1 aliphatic heterocycles. The Hall–Kier alpha value is -0.790. The van der Waals surface area contributed by atoms with E-state index < -0.39 is 0 Å². The predicted molar refractivity (Wildman–Crippen MR) is 78.3 cm³/mol. The number of hydrogen-bond donors (Lipinski definition) is 0. The molecule has 1 saturated heterocycles. The molecule has 1 fully saturated rings. The topological polar surface area (TPSA) is 6.25 Å². The van der Waals surface area contributed by atoms with E-state index in [0.29, 0.717) is 5.41 Å². The lowest BCUT2D eigenvalue weighted by atomic mass is 9.78. The summed E-state index contributed by atoms with van der Waals surface area (Å²) in [5, 5.41) is 0. The van der Waals surface area contributed by atoms with Crippen molar-refractivity contribution in [1.82, 2.24) is 4.90 Å². The smallest absolute Gasteiger partial charge is 0.178 e. The fourth-order valence-corrected chi connectivity index (χ4v) is 3.38. The van der Waals surface area contributed by atoms with Crippen LogP contribution in [0.5, 0.6) is 0 Å². The fourth-order valence-electron chi connectivity index (χ4n) is 3.38. The van der Waals surface area contributed by atoms with Gasteiger partial charge in [0.15, 0.2) is 5.71 Å². The molecule has 0 unspecified atom stereocenters. The summed E-state index contributed by atoms with van der Waals surface area (Å²) in [5.74, 6) is 0. The van der Waals surface area contributed by atoms with Gasteiger partial charge in [-0.05, 0) is 25.7 Å². The van der Waals surface area contributed by atoms with Crippen molar-refractivity contribution >= 4 is 5.71 Å². The van der Waals surface area contributed by atoms with Gasteiger partial charge in [-0.3, -0.25) is 0 Å². The molecule has 0 atom stereocenters. The summed E-state index contributed by atoms with van der Waals surface area (Å²) in [4.78, 5) is 2.52. The summed E-state index contributed by atoms with van der Waals surface area (Å²) < 4.78 is 2.62. The molecule has 0 aromatic rings. The highest BCUT2D eigenvalue weighted by atomic mass is 15.1. The Morgan fingerprint density at radius 1 is 1.11 bits per heavy atom. The molecule has 2 nitrogen and oxygen atoms in total. The third-order valence-electron chi connectivity index (χ3n) is 4.33. The average Bonchev–Trinajstić information content (AvgIpc) is 2.82. The molecule has 102 valence electrons. The predicted octanol–water partition coefficient (Wildman–Crippen LogP) is 3.28. The van der Waals surface area contributed by atoms with Crippen molar-refractivity contribution < 1.29 is 4.58 Å². The van der Waals surface area contributed by atoms with E-state index in [1.165, 1.54) is 38.8 Å². The molecule has 0 bridgehead atoms. The number of hydrogen-bond acceptors (Lipinski definition) is 1. The first-order chi connectivity index (χ1) is 8.55. The van der Waals surface area contributed by atoms with Crippen molar-refractivity contribution in [3.8, 4) is 0 Å². The Morgan fingerprint density at radius 2 is 1.72 bits per heavy atom. The van der Waals surface area contributed by atoms with Crippen LogP contribution in [-0.2, 0) is 0 Å². The molecule has 0 radical (unpaired) electrons. The second-order valence-electron chi connectivity index (χ2n) is 6.51. The van der Waals surface area contributed by atoms with E-state index in [4.69, 9.17) is 0 Å². The van der Waals surface area contributed by atoms with Crippen LogP contribution < -0.4 is 0 Å². The maximum atomic E-state index is 2.62. The molecular weight excluding hydrogens is 220 g/mol. The van der Waals surface area contributed by atoms with Gasteiger partial charge in [0.2, 0.25) is 0 Å². The Balaban J connectivity index is 2.30. The summed E-state index contributed by atoms with van der Waals surface area (Å²) in [6.45, 7) is 14.2. The van der Waals surface area contributed by atoms with Gasteiger partial charge < -0.3 is 4.90 Å². The van der Waals surface area contributed by atoms with Crippen LogP contribution in [0.25, 0.3) is 0 Å².